The van der Waals surface area contributed by atoms with Gasteiger partial charge in [-0.15, -0.1) is 0 Å². The Labute approximate surface area is 57.0 Å². The summed E-state index contributed by atoms with van der Waals surface area (Å²) in [4.78, 5) is 0. The lowest BCUT2D eigenvalue weighted by molar-refractivity contribution is 0.594. The number of likely N-dealkylation sites (N-methyl/N-ethyl adjacent to an activating group) is 1. The van der Waals surface area contributed by atoms with Gasteiger partial charge in [0.15, 0.2) is 0 Å². The van der Waals surface area contributed by atoms with E-state index in [9.17, 15) is 0 Å². The van der Waals surface area contributed by atoms with Crippen LogP contribution in [0.25, 0.3) is 0 Å². The first-order valence-electron chi connectivity index (χ1n) is 3.38. The molecule has 0 aromatic rings. The Morgan fingerprint density at radius 2 is 2.11 bits per heavy atom. The van der Waals surface area contributed by atoms with Crippen molar-refractivity contribution in [2.75, 3.05) is 26.7 Å². The zero-order valence-corrected chi connectivity index (χ0v) is 6.28. The largest absolute Gasteiger partial charge is 0.327 e. The van der Waals surface area contributed by atoms with Crippen molar-refractivity contribution in [2.45, 2.75) is 13.0 Å². The smallest absolute Gasteiger partial charge is 0.0136 e. The van der Waals surface area contributed by atoms with Crippen molar-refractivity contribution in [3.05, 3.63) is 0 Å². The summed E-state index contributed by atoms with van der Waals surface area (Å²) in [5.41, 5.74) is 5.49. The van der Waals surface area contributed by atoms with Crippen LogP contribution in [0.4, 0.5) is 0 Å². The van der Waals surface area contributed by atoms with Crippen LogP contribution in [0.1, 0.15) is 6.92 Å². The van der Waals surface area contributed by atoms with E-state index in [1.807, 2.05) is 14.0 Å². The van der Waals surface area contributed by atoms with E-state index in [1.54, 1.807) is 0 Å². The molecule has 0 rings (SSSR count). The predicted molar refractivity (Wildman–Crippen MR) is 40.4 cm³/mol. The van der Waals surface area contributed by atoms with Crippen LogP contribution in [-0.2, 0) is 0 Å². The highest BCUT2D eigenvalue weighted by atomic mass is 14.9. The molecule has 0 bridgehead atoms. The molecule has 0 aromatic carbocycles. The van der Waals surface area contributed by atoms with Gasteiger partial charge in [0.25, 0.3) is 0 Å². The number of hydrogen-bond donors (Lipinski definition) is 3. The Bertz CT molecular complexity index is 54.3. The number of rotatable bonds is 5. The second-order valence-electron chi connectivity index (χ2n) is 2.28. The zero-order valence-electron chi connectivity index (χ0n) is 6.28. The van der Waals surface area contributed by atoms with Crippen LogP contribution in [0.5, 0.6) is 0 Å². The molecule has 0 aliphatic rings. The van der Waals surface area contributed by atoms with E-state index in [1.165, 1.54) is 0 Å². The standard InChI is InChI=1S/C6H17N3/c1-6(7)5-9-4-3-8-2/h6,8-9H,3-5,7H2,1-2H3/t6-/m0/s1. The molecule has 0 aromatic heterocycles. The van der Waals surface area contributed by atoms with Crippen molar-refractivity contribution in [2.24, 2.45) is 5.73 Å². The molecule has 0 heterocycles. The Kier molecular flexibility index (Phi) is 5.93. The van der Waals surface area contributed by atoms with Gasteiger partial charge in [0.2, 0.25) is 0 Å². The SMILES string of the molecule is CNCCNC[C@H](C)N. The third-order valence-electron chi connectivity index (χ3n) is 1.02. The van der Waals surface area contributed by atoms with Gasteiger partial charge in [-0.2, -0.15) is 0 Å². The van der Waals surface area contributed by atoms with Gasteiger partial charge in [-0.25, -0.2) is 0 Å². The normalized spacial score (nSPS) is 13.7. The summed E-state index contributed by atoms with van der Waals surface area (Å²) in [5, 5.41) is 6.24. The minimum absolute atomic E-state index is 0.266. The summed E-state index contributed by atoms with van der Waals surface area (Å²) in [5.74, 6) is 0. The topological polar surface area (TPSA) is 50.1 Å². The predicted octanol–water partition coefficient (Wildman–Crippen LogP) is -0.857. The summed E-state index contributed by atoms with van der Waals surface area (Å²) in [6, 6.07) is 0.266. The van der Waals surface area contributed by atoms with Crippen molar-refractivity contribution in [1.82, 2.24) is 10.6 Å². The minimum Gasteiger partial charge on any atom is -0.327 e. The highest BCUT2D eigenvalue weighted by Crippen LogP contribution is 1.67. The van der Waals surface area contributed by atoms with Crippen LogP contribution in [0, 0.1) is 0 Å². The lowest BCUT2D eigenvalue weighted by Crippen LogP contribution is -2.34. The third-order valence-corrected chi connectivity index (χ3v) is 1.02. The van der Waals surface area contributed by atoms with E-state index in [2.05, 4.69) is 10.6 Å². The Hall–Kier alpha value is -0.120. The monoisotopic (exact) mass is 131 g/mol. The number of nitrogens with one attached hydrogen (secondary N) is 2. The van der Waals surface area contributed by atoms with Gasteiger partial charge in [-0.3, -0.25) is 0 Å². The van der Waals surface area contributed by atoms with Gasteiger partial charge in [0.1, 0.15) is 0 Å². The number of nitrogens with two attached hydrogens (primary N) is 1. The maximum absolute atomic E-state index is 5.49. The molecule has 0 saturated heterocycles. The van der Waals surface area contributed by atoms with Gasteiger partial charge in [-0.1, -0.05) is 0 Å². The van der Waals surface area contributed by atoms with E-state index in [4.69, 9.17) is 5.73 Å². The summed E-state index contributed by atoms with van der Waals surface area (Å²) >= 11 is 0. The minimum atomic E-state index is 0.266. The summed E-state index contributed by atoms with van der Waals surface area (Å²) in [6.45, 7) is 4.90. The fraction of sp³-hybridized carbons (Fsp3) is 1.00. The number of hydrogen-bond acceptors (Lipinski definition) is 3. The zero-order chi connectivity index (χ0) is 7.11. The van der Waals surface area contributed by atoms with Crippen molar-refractivity contribution in [1.29, 1.82) is 0 Å². The van der Waals surface area contributed by atoms with Gasteiger partial charge in [0, 0.05) is 25.7 Å². The average Bonchev–Trinajstić information content (AvgIpc) is 1.80. The first-order valence-corrected chi connectivity index (χ1v) is 3.38. The Balaban J connectivity index is 2.75. The second kappa shape index (κ2) is 6.01. The molecule has 0 aliphatic carbocycles. The van der Waals surface area contributed by atoms with E-state index in [0.717, 1.165) is 19.6 Å². The quantitative estimate of drug-likeness (QED) is 0.426. The van der Waals surface area contributed by atoms with Crippen molar-refractivity contribution >= 4 is 0 Å². The molecule has 0 unspecified atom stereocenters. The molecule has 0 aliphatic heterocycles. The maximum atomic E-state index is 5.49. The van der Waals surface area contributed by atoms with Gasteiger partial charge in [-0.05, 0) is 14.0 Å². The highest BCUT2D eigenvalue weighted by Gasteiger charge is 1.89. The molecule has 4 N–H and O–H groups in total. The fourth-order valence-corrected chi connectivity index (χ4v) is 0.543. The molecule has 0 saturated carbocycles. The van der Waals surface area contributed by atoms with Gasteiger partial charge >= 0.3 is 0 Å². The molecule has 9 heavy (non-hydrogen) atoms. The molecule has 0 amide bonds. The molecule has 3 heteroatoms. The lowest BCUT2D eigenvalue weighted by atomic mass is 10.4. The van der Waals surface area contributed by atoms with E-state index in [-0.39, 0.29) is 6.04 Å². The Morgan fingerprint density at radius 1 is 1.44 bits per heavy atom. The van der Waals surface area contributed by atoms with E-state index >= 15 is 0 Å². The highest BCUT2D eigenvalue weighted by molar-refractivity contribution is 4.57. The second-order valence-corrected chi connectivity index (χ2v) is 2.28. The molecular formula is C6H17N3. The molecular weight excluding hydrogens is 114 g/mol. The van der Waals surface area contributed by atoms with Crippen molar-refractivity contribution < 1.29 is 0 Å². The molecule has 1 atom stereocenters. The molecule has 0 spiro atoms. The van der Waals surface area contributed by atoms with Crippen molar-refractivity contribution in [3.63, 3.8) is 0 Å². The summed E-state index contributed by atoms with van der Waals surface area (Å²) in [6.07, 6.45) is 0. The van der Waals surface area contributed by atoms with Gasteiger partial charge < -0.3 is 16.4 Å². The van der Waals surface area contributed by atoms with E-state index < -0.39 is 0 Å². The summed E-state index contributed by atoms with van der Waals surface area (Å²) < 4.78 is 0. The molecule has 0 fully saturated rings. The van der Waals surface area contributed by atoms with Crippen LogP contribution in [-0.4, -0.2) is 32.7 Å². The molecule has 56 valence electrons. The van der Waals surface area contributed by atoms with Crippen LogP contribution in [0.2, 0.25) is 0 Å². The Morgan fingerprint density at radius 3 is 2.56 bits per heavy atom. The first kappa shape index (κ1) is 8.88. The van der Waals surface area contributed by atoms with Crippen LogP contribution in [0.15, 0.2) is 0 Å². The molecule has 3 nitrogen and oxygen atoms in total. The van der Waals surface area contributed by atoms with Crippen LogP contribution in [0.3, 0.4) is 0 Å². The van der Waals surface area contributed by atoms with Crippen LogP contribution >= 0.6 is 0 Å². The van der Waals surface area contributed by atoms with Crippen molar-refractivity contribution in [3.8, 4) is 0 Å². The third kappa shape index (κ3) is 7.88. The molecule has 0 radical (unpaired) electrons. The van der Waals surface area contributed by atoms with Crippen LogP contribution < -0.4 is 16.4 Å². The summed E-state index contributed by atoms with van der Waals surface area (Å²) in [7, 11) is 1.94. The maximum Gasteiger partial charge on any atom is 0.0136 e. The average molecular weight is 131 g/mol. The van der Waals surface area contributed by atoms with E-state index in [0.29, 0.717) is 0 Å². The fourth-order valence-electron chi connectivity index (χ4n) is 0.543. The first-order chi connectivity index (χ1) is 4.27. The van der Waals surface area contributed by atoms with Gasteiger partial charge in [0.05, 0.1) is 0 Å². The lowest BCUT2D eigenvalue weighted by Gasteiger charge is -2.05.